The van der Waals surface area contributed by atoms with Crippen LogP contribution in [0.15, 0.2) is 24.3 Å². The van der Waals surface area contributed by atoms with Gasteiger partial charge in [0.05, 0.1) is 6.61 Å². The molecule has 0 spiro atoms. The number of halogens is 1. The second-order valence-corrected chi connectivity index (χ2v) is 6.81. The number of hydrogen-bond acceptors (Lipinski definition) is 4. The van der Waals surface area contributed by atoms with Gasteiger partial charge in [0.25, 0.3) is 0 Å². The minimum absolute atomic E-state index is 0. The second kappa shape index (κ2) is 11.2. The summed E-state index contributed by atoms with van der Waals surface area (Å²) in [5, 5.41) is 0. The quantitative estimate of drug-likeness (QED) is 0.697. The fourth-order valence-electron chi connectivity index (χ4n) is 3.28. The molecule has 0 saturated carbocycles. The van der Waals surface area contributed by atoms with Crippen molar-refractivity contribution >= 4 is 24.1 Å². The smallest absolute Gasteiger partial charge is 0.223 e. The lowest BCUT2D eigenvalue weighted by atomic mass is 9.96. The van der Waals surface area contributed by atoms with Crippen molar-refractivity contribution in [3.05, 3.63) is 29.8 Å². The van der Waals surface area contributed by atoms with Crippen LogP contribution in [-0.4, -0.2) is 41.8 Å². The zero-order chi connectivity index (χ0) is 18.2. The molecule has 2 N–H and O–H groups in total. The zero-order valence-electron chi connectivity index (χ0n) is 15.8. The Morgan fingerprint density at radius 2 is 1.92 bits per heavy atom. The van der Waals surface area contributed by atoms with E-state index in [0.717, 1.165) is 38.0 Å². The van der Waals surface area contributed by atoms with Gasteiger partial charge in [-0.15, -0.1) is 12.4 Å². The number of amides is 1. The first-order valence-corrected chi connectivity index (χ1v) is 9.34. The summed E-state index contributed by atoms with van der Waals surface area (Å²) in [6.07, 6.45) is 4.51. The van der Waals surface area contributed by atoms with Crippen molar-refractivity contribution in [1.82, 2.24) is 4.90 Å². The number of nitrogens with two attached hydrogens (primary N) is 1. The van der Waals surface area contributed by atoms with E-state index in [-0.39, 0.29) is 49.0 Å². The van der Waals surface area contributed by atoms with Gasteiger partial charge in [0, 0.05) is 37.0 Å². The summed E-state index contributed by atoms with van der Waals surface area (Å²) in [4.78, 5) is 26.7. The lowest BCUT2D eigenvalue weighted by Gasteiger charge is -2.38. The molecule has 1 fully saturated rings. The highest BCUT2D eigenvalue weighted by Gasteiger charge is 2.29. The van der Waals surface area contributed by atoms with Crippen LogP contribution in [0.3, 0.4) is 0 Å². The van der Waals surface area contributed by atoms with Crippen LogP contribution in [-0.2, 0) is 4.79 Å². The Hall–Kier alpha value is -1.59. The Balaban J connectivity index is 0.00000338. The Morgan fingerprint density at radius 1 is 1.23 bits per heavy atom. The number of carbonyl (C=O) groups is 2. The predicted octanol–water partition coefficient (Wildman–Crippen LogP) is 3.59. The fourth-order valence-corrected chi connectivity index (χ4v) is 3.28. The van der Waals surface area contributed by atoms with Gasteiger partial charge in [-0.05, 0) is 56.9 Å². The van der Waals surface area contributed by atoms with Crippen molar-refractivity contribution in [2.45, 2.75) is 64.5 Å². The topological polar surface area (TPSA) is 72.6 Å². The Morgan fingerprint density at radius 3 is 2.54 bits per heavy atom. The normalized spacial score (nSPS) is 18.0. The molecule has 2 atom stereocenters. The van der Waals surface area contributed by atoms with E-state index in [1.54, 1.807) is 12.1 Å². The summed E-state index contributed by atoms with van der Waals surface area (Å²) in [5.74, 6) is 0.797. The van der Waals surface area contributed by atoms with Crippen LogP contribution >= 0.6 is 12.4 Å². The molecule has 146 valence electrons. The van der Waals surface area contributed by atoms with Crippen LogP contribution in [0.1, 0.15) is 62.7 Å². The third kappa shape index (κ3) is 6.29. The number of rotatable bonds is 8. The lowest BCUT2D eigenvalue weighted by molar-refractivity contribution is -0.135. The summed E-state index contributed by atoms with van der Waals surface area (Å²) in [7, 11) is 0. The minimum Gasteiger partial charge on any atom is -0.494 e. The Bertz CT molecular complexity index is 575. The van der Waals surface area contributed by atoms with Gasteiger partial charge in [-0.25, -0.2) is 0 Å². The molecular weight excluding hydrogens is 352 g/mol. The van der Waals surface area contributed by atoms with Crippen LogP contribution in [0.5, 0.6) is 5.75 Å². The van der Waals surface area contributed by atoms with E-state index in [1.807, 2.05) is 30.9 Å². The van der Waals surface area contributed by atoms with E-state index in [1.165, 1.54) is 0 Å². The number of likely N-dealkylation sites (tertiary alicyclic amines) is 1. The van der Waals surface area contributed by atoms with Gasteiger partial charge < -0.3 is 15.4 Å². The molecule has 6 heteroatoms. The fraction of sp³-hybridized carbons (Fsp3) is 0.600. The summed E-state index contributed by atoms with van der Waals surface area (Å²) in [5.41, 5.74) is 6.64. The van der Waals surface area contributed by atoms with E-state index in [0.29, 0.717) is 12.2 Å². The molecule has 1 saturated heterocycles. The SMILES string of the molecule is CCCOc1ccc(C(=O)CCC(=O)N2CCCCC2C(C)N)cc1.Cl. The summed E-state index contributed by atoms with van der Waals surface area (Å²) < 4.78 is 5.52. The number of piperidine rings is 1. The largest absolute Gasteiger partial charge is 0.494 e. The molecule has 1 aromatic rings. The summed E-state index contributed by atoms with van der Waals surface area (Å²) in [6.45, 7) is 5.41. The van der Waals surface area contributed by atoms with E-state index in [9.17, 15) is 9.59 Å². The van der Waals surface area contributed by atoms with E-state index in [2.05, 4.69) is 0 Å². The van der Waals surface area contributed by atoms with Gasteiger partial charge in [0.15, 0.2) is 5.78 Å². The Kier molecular flexibility index (Phi) is 9.66. The van der Waals surface area contributed by atoms with Gasteiger partial charge in [-0.3, -0.25) is 9.59 Å². The van der Waals surface area contributed by atoms with Crippen molar-refractivity contribution in [1.29, 1.82) is 0 Å². The van der Waals surface area contributed by atoms with Crippen molar-refractivity contribution in [2.75, 3.05) is 13.2 Å². The molecule has 1 heterocycles. The molecule has 2 unspecified atom stereocenters. The zero-order valence-corrected chi connectivity index (χ0v) is 16.6. The second-order valence-electron chi connectivity index (χ2n) is 6.81. The summed E-state index contributed by atoms with van der Waals surface area (Å²) >= 11 is 0. The molecule has 1 aliphatic heterocycles. The monoisotopic (exact) mass is 382 g/mol. The first kappa shape index (κ1) is 22.5. The van der Waals surface area contributed by atoms with Gasteiger partial charge in [0.1, 0.15) is 5.75 Å². The maximum atomic E-state index is 12.5. The number of benzene rings is 1. The average Bonchev–Trinajstić information content (AvgIpc) is 2.64. The van der Waals surface area contributed by atoms with E-state index in [4.69, 9.17) is 10.5 Å². The number of nitrogens with zero attached hydrogens (tertiary/aromatic N) is 1. The molecule has 0 aliphatic carbocycles. The maximum absolute atomic E-state index is 12.5. The number of Topliss-reactive ketones (excluding diaryl/α,β-unsaturated/α-hetero) is 1. The molecule has 26 heavy (non-hydrogen) atoms. The van der Waals surface area contributed by atoms with Crippen LogP contribution in [0.4, 0.5) is 0 Å². The highest BCUT2D eigenvalue weighted by Crippen LogP contribution is 2.21. The summed E-state index contributed by atoms with van der Waals surface area (Å²) in [6, 6.07) is 7.22. The molecule has 0 radical (unpaired) electrons. The maximum Gasteiger partial charge on any atom is 0.223 e. The molecule has 5 nitrogen and oxygen atoms in total. The van der Waals surface area contributed by atoms with Crippen molar-refractivity contribution in [2.24, 2.45) is 5.73 Å². The third-order valence-corrected chi connectivity index (χ3v) is 4.69. The Labute approximate surface area is 162 Å². The van der Waals surface area contributed by atoms with Crippen LogP contribution in [0.2, 0.25) is 0 Å². The van der Waals surface area contributed by atoms with Crippen LogP contribution < -0.4 is 10.5 Å². The molecule has 1 aliphatic rings. The minimum atomic E-state index is -0.0318. The van der Waals surface area contributed by atoms with Gasteiger partial charge in [-0.2, -0.15) is 0 Å². The first-order chi connectivity index (χ1) is 12.0. The molecule has 0 aromatic heterocycles. The van der Waals surface area contributed by atoms with Gasteiger partial charge in [0.2, 0.25) is 5.91 Å². The third-order valence-electron chi connectivity index (χ3n) is 4.69. The van der Waals surface area contributed by atoms with Crippen molar-refractivity contribution in [3.8, 4) is 5.75 Å². The van der Waals surface area contributed by atoms with E-state index < -0.39 is 0 Å². The molecule has 0 bridgehead atoms. The molecule has 1 aromatic carbocycles. The highest BCUT2D eigenvalue weighted by molar-refractivity contribution is 5.98. The first-order valence-electron chi connectivity index (χ1n) is 9.34. The standard InChI is InChI=1S/C20H30N2O3.ClH/c1-3-14-25-17-9-7-16(8-10-17)19(23)11-12-20(24)22-13-5-4-6-18(22)15(2)21;/h7-10,15,18H,3-6,11-14,21H2,1-2H3;1H. The number of carbonyl (C=O) groups excluding carboxylic acids is 2. The van der Waals surface area contributed by atoms with Gasteiger partial charge >= 0.3 is 0 Å². The van der Waals surface area contributed by atoms with Crippen molar-refractivity contribution in [3.63, 3.8) is 0 Å². The van der Waals surface area contributed by atoms with E-state index >= 15 is 0 Å². The number of ketones is 1. The molecular formula is C20H31ClN2O3. The molecule has 1 amide bonds. The lowest BCUT2D eigenvalue weighted by Crippen LogP contribution is -2.51. The van der Waals surface area contributed by atoms with Crippen LogP contribution in [0, 0.1) is 0 Å². The van der Waals surface area contributed by atoms with Crippen molar-refractivity contribution < 1.29 is 14.3 Å². The number of hydrogen-bond donors (Lipinski definition) is 1. The predicted molar refractivity (Wildman–Crippen MR) is 106 cm³/mol. The average molecular weight is 383 g/mol. The molecule has 2 rings (SSSR count). The highest BCUT2D eigenvalue weighted by atomic mass is 35.5. The van der Waals surface area contributed by atoms with Gasteiger partial charge in [-0.1, -0.05) is 6.92 Å². The number of ether oxygens (including phenoxy) is 1. The van der Waals surface area contributed by atoms with Crippen LogP contribution in [0.25, 0.3) is 0 Å².